The normalized spacial score (nSPS) is 18.0. The molecule has 0 saturated heterocycles. The van der Waals surface area contributed by atoms with Crippen LogP contribution in [0.1, 0.15) is 22.7 Å². The van der Waals surface area contributed by atoms with Crippen molar-refractivity contribution >= 4 is 0 Å². The second-order valence-electron chi connectivity index (χ2n) is 4.17. The number of hydrogen-bond donors (Lipinski definition) is 0. The van der Waals surface area contributed by atoms with Crippen LogP contribution < -0.4 is 51.4 Å². The van der Waals surface area contributed by atoms with Gasteiger partial charge in [0.1, 0.15) is 0 Å². The topological polar surface area (TPSA) is 14.1 Å². The van der Waals surface area contributed by atoms with E-state index in [1.54, 1.807) is 0 Å². The maximum atomic E-state index is 4.74. The van der Waals surface area contributed by atoms with Crippen LogP contribution in [0.25, 0.3) is 5.32 Å². The maximum Gasteiger partial charge on any atom is 1.00 e. The summed E-state index contributed by atoms with van der Waals surface area (Å²) < 4.78 is 0. The van der Waals surface area contributed by atoms with Crippen LogP contribution in [-0.4, -0.2) is 6.54 Å². The fourth-order valence-corrected chi connectivity index (χ4v) is 2.36. The van der Waals surface area contributed by atoms with Gasteiger partial charge in [0.05, 0.1) is 0 Å². The van der Waals surface area contributed by atoms with Crippen molar-refractivity contribution in [2.45, 2.75) is 12.5 Å². The Morgan fingerprint density at radius 3 is 2.41 bits per heavy atom. The van der Waals surface area contributed by atoms with E-state index in [4.69, 9.17) is 5.32 Å². The van der Waals surface area contributed by atoms with E-state index in [1.165, 1.54) is 16.7 Å². The number of hydrogen-bond acceptors (Lipinski definition) is 0. The molecule has 17 heavy (non-hydrogen) atoms. The number of rotatable bonds is 1. The smallest absolute Gasteiger partial charge is 0.652 e. The van der Waals surface area contributed by atoms with Gasteiger partial charge in [-0.2, -0.15) is 0 Å². The Labute approximate surface area is 145 Å². The van der Waals surface area contributed by atoms with Crippen molar-refractivity contribution in [3.63, 3.8) is 0 Å². The molecule has 2 aromatic carbocycles. The van der Waals surface area contributed by atoms with Gasteiger partial charge in [-0.3, -0.25) is 0 Å². The summed E-state index contributed by atoms with van der Waals surface area (Å²) in [7, 11) is 0. The van der Waals surface area contributed by atoms with Crippen molar-refractivity contribution in [2.75, 3.05) is 6.54 Å². The Morgan fingerprint density at radius 1 is 0.882 bits per heavy atom. The summed E-state index contributed by atoms with van der Waals surface area (Å²) >= 11 is 0. The molecule has 0 bridgehead atoms. The first-order chi connectivity index (χ1) is 7.95. The first-order valence-corrected chi connectivity index (χ1v) is 5.74. The molecule has 0 saturated carbocycles. The zero-order valence-electron chi connectivity index (χ0n) is 10.1. The van der Waals surface area contributed by atoms with Gasteiger partial charge in [0.25, 0.3) is 0 Å². The van der Waals surface area contributed by atoms with Crippen molar-refractivity contribution in [2.24, 2.45) is 0 Å². The molecule has 0 fully saturated rings. The van der Waals surface area contributed by atoms with Crippen molar-refractivity contribution in [1.29, 1.82) is 0 Å². The minimum atomic E-state index is 0. The molecule has 0 N–H and O–H groups in total. The number of fused-ring (bicyclic) bond motifs is 1. The molecule has 2 aromatic rings. The molecule has 0 unspecified atom stereocenters. The van der Waals surface area contributed by atoms with E-state index >= 15 is 0 Å². The molecule has 1 nitrogen and oxygen atoms in total. The third kappa shape index (κ3) is 2.89. The number of nitrogens with zero attached hydrogens (tertiary/aromatic N) is 1. The van der Waals surface area contributed by atoms with Gasteiger partial charge in [0, 0.05) is 0 Å². The third-order valence-electron chi connectivity index (χ3n) is 3.16. The Morgan fingerprint density at radius 2 is 1.59 bits per heavy atom. The van der Waals surface area contributed by atoms with Gasteiger partial charge >= 0.3 is 51.4 Å². The molecular formula is C15H14KN. The first kappa shape index (κ1) is 13.5. The van der Waals surface area contributed by atoms with Crippen LogP contribution in [0.15, 0.2) is 54.6 Å². The molecule has 0 spiro atoms. The van der Waals surface area contributed by atoms with Gasteiger partial charge in [-0.05, 0) is 12.0 Å². The largest absolute Gasteiger partial charge is 1.00 e. The minimum absolute atomic E-state index is 0. The molecule has 0 aromatic heterocycles. The van der Waals surface area contributed by atoms with E-state index < -0.39 is 0 Å². The average molecular weight is 247 g/mol. The van der Waals surface area contributed by atoms with Gasteiger partial charge < -0.3 is 5.32 Å². The fraction of sp³-hybridized carbons (Fsp3) is 0.200. The zero-order chi connectivity index (χ0) is 10.8. The summed E-state index contributed by atoms with van der Waals surface area (Å²) in [6.07, 6.45) is 1.08. The second-order valence-corrected chi connectivity index (χ2v) is 4.17. The Kier molecular flexibility index (Phi) is 4.97. The predicted octanol–water partition coefficient (Wildman–Crippen LogP) is 0.710. The van der Waals surface area contributed by atoms with Crippen molar-refractivity contribution in [3.8, 4) is 0 Å². The summed E-state index contributed by atoms with van der Waals surface area (Å²) in [6.45, 7) is 0.941. The van der Waals surface area contributed by atoms with Gasteiger partial charge in [-0.25, -0.2) is 0 Å². The standard InChI is InChI=1S/C15H14N.K/c1-2-7-13(8-3-1)15-14-9-5-4-6-12(14)10-11-16-15;/h1-9,15H,10-11H2;/q-1;+1/t15-;/m0./s1. The molecule has 3 rings (SSSR count). The number of benzene rings is 2. The molecule has 80 valence electrons. The van der Waals surface area contributed by atoms with Gasteiger partial charge in [0.15, 0.2) is 0 Å². The summed E-state index contributed by atoms with van der Waals surface area (Å²) in [5.41, 5.74) is 4.13. The summed E-state index contributed by atoms with van der Waals surface area (Å²) in [4.78, 5) is 0. The van der Waals surface area contributed by atoms with Crippen LogP contribution >= 0.6 is 0 Å². The molecule has 2 heteroatoms. The minimum Gasteiger partial charge on any atom is -0.652 e. The van der Waals surface area contributed by atoms with Crippen molar-refractivity contribution in [3.05, 3.63) is 76.6 Å². The Balaban J connectivity index is 0.00000108. The van der Waals surface area contributed by atoms with Crippen molar-refractivity contribution in [1.82, 2.24) is 0 Å². The van der Waals surface area contributed by atoms with E-state index in [9.17, 15) is 0 Å². The first-order valence-electron chi connectivity index (χ1n) is 5.74. The Bertz CT molecular complexity index is 481. The van der Waals surface area contributed by atoms with E-state index in [0.29, 0.717) is 0 Å². The van der Waals surface area contributed by atoms with E-state index in [1.807, 2.05) is 0 Å². The molecule has 0 radical (unpaired) electrons. The SMILES string of the molecule is [K+].c1ccc([C@@H]2[N-]CCc3ccccc32)cc1. The summed E-state index contributed by atoms with van der Waals surface area (Å²) in [5.74, 6) is 0. The monoisotopic (exact) mass is 247 g/mol. The second kappa shape index (κ2) is 6.28. The van der Waals surface area contributed by atoms with Gasteiger partial charge in [-0.15, -0.1) is 6.54 Å². The van der Waals surface area contributed by atoms with Crippen LogP contribution in [0.5, 0.6) is 0 Å². The Hall–Kier alpha value is 0.0364. The van der Waals surface area contributed by atoms with Crippen LogP contribution in [-0.2, 0) is 6.42 Å². The van der Waals surface area contributed by atoms with Crippen LogP contribution in [0.3, 0.4) is 0 Å². The van der Waals surface area contributed by atoms with E-state index in [0.717, 1.165) is 13.0 Å². The quantitative estimate of drug-likeness (QED) is 0.659. The summed E-state index contributed by atoms with van der Waals surface area (Å²) in [5, 5.41) is 4.74. The van der Waals surface area contributed by atoms with Crippen LogP contribution in [0.4, 0.5) is 0 Å². The van der Waals surface area contributed by atoms with Crippen molar-refractivity contribution < 1.29 is 51.4 Å². The molecular weight excluding hydrogens is 233 g/mol. The third-order valence-corrected chi connectivity index (χ3v) is 3.16. The molecule has 0 aliphatic carbocycles. The van der Waals surface area contributed by atoms with E-state index in [-0.39, 0.29) is 57.4 Å². The molecule has 1 heterocycles. The predicted molar refractivity (Wildman–Crippen MR) is 66.7 cm³/mol. The molecule has 1 aliphatic rings. The van der Waals surface area contributed by atoms with Gasteiger partial charge in [0.2, 0.25) is 0 Å². The molecule has 1 atom stereocenters. The average Bonchev–Trinajstić information content (AvgIpc) is 2.39. The maximum absolute atomic E-state index is 4.74. The summed E-state index contributed by atoms with van der Waals surface area (Å²) in [6, 6.07) is 19.4. The van der Waals surface area contributed by atoms with Crippen LogP contribution in [0.2, 0.25) is 0 Å². The van der Waals surface area contributed by atoms with Crippen LogP contribution in [0, 0.1) is 0 Å². The van der Waals surface area contributed by atoms with E-state index in [2.05, 4.69) is 54.6 Å². The zero-order valence-corrected chi connectivity index (χ0v) is 13.3. The molecule has 0 amide bonds. The molecule has 1 aliphatic heterocycles. The van der Waals surface area contributed by atoms with Gasteiger partial charge in [-0.1, -0.05) is 71.8 Å². The fourth-order valence-electron chi connectivity index (χ4n) is 2.36.